The number of hydrogen-bond donors (Lipinski definition) is 2. The summed E-state index contributed by atoms with van der Waals surface area (Å²) in [5.41, 5.74) is 3.80. The minimum Gasteiger partial charge on any atom is -0.489 e. The maximum Gasteiger partial charge on any atom is 0.265 e. The Morgan fingerprint density at radius 1 is 1.22 bits per heavy atom. The van der Waals surface area contributed by atoms with E-state index >= 15 is 0 Å². The van der Waals surface area contributed by atoms with Crippen molar-refractivity contribution in [3.63, 3.8) is 0 Å². The van der Waals surface area contributed by atoms with E-state index in [0.29, 0.717) is 22.4 Å². The third-order valence-electron chi connectivity index (χ3n) is 2.84. The predicted octanol–water partition coefficient (Wildman–Crippen LogP) is 3.01. The lowest BCUT2D eigenvalue weighted by molar-refractivity contribution is -0.123. The number of carbonyl (C=O) groups excluding carboxylic acids is 1. The highest BCUT2D eigenvalue weighted by molar-refractivity contribution is 6.35. The smallest absolute Gasteiger partial charge is 0.265 e. The Morgan fingerprint density at radius 3 is 2.61 bits per heavy atom. The number of hydrogen-bond acceptors (Lipinski definition) is 4. The number of carbonyl (C=O) groups is 1. The van der Waals surface area contributed by atoms with E-state index in [1.165, 1.54) is 6.21 Å². The summed E-state index contributed by atoms with van der Waals surface area (Å²) in [6.45, 7) is -0.270. The monoisotopic (exact) mass is 352 g/mol. The summed E-state index contributed by atoms with van der Waals surface area (Å²) in [6.07, 6.45) is 1.47. The largest absolute Gasteiger partial charge is 0.489 e. The molecule has 2 aromatic carbocycles. The summed E-state index contributed by atoms with van der Waals surface area (Å²) in [7, 11) is 0. The second-order valence-electron chi connectivity index (χ2n) is 4.54. The van der Waals surface area contributed by atoms with Crippen molar-refractivity contribution in [2.24, 2.45) is 5.10 Å². The molecule has 2 rings (SSSR count). The number of nitrogens with zero attached hydrogens (tertiary/aromatic N) is 1. The molecule has 7 heteroatoms. The van der Waals surface area contributed by atoms with Gasteiger partial charge in [0.1, 0.15) is 19.0 Å². The lowest BCUT2D eigenvalue weighted by Crippen LogP contribution is -2.20. The zero-order valence-corrected chi connectivity index (χ0v) is 13.5. The van der Waals surface area contributed by atoms with Crippen LogP contribution in [0, 0.1) is 0 Å². The number of benzene rings is 2. The fourth-order valence-electron chi connectivity index (χ4n) is 1.66. The molecule has 0 aliphatic rings. The molecule has 5 nitrogen and oxygen atoms in total. The van der Waals surface area contributed by atoms with Crippen LogP contribution in [0.5, 0.6) is 5.75 Å². The maximum absolute atomic E-state index is 10.8. The lowest BCUT2D eigenvalue weighted by Gasteiger charge is -2.08. The zero-order valence-electron chi connectivity index (χ0n) is 12.0. The quantitative estimate of drug-likeness (QED) is 0.620. The van der Waals surface area contributed by atoms with Crippen LogP contribution in [0.4, 0.5) is 0 Å². The highest BCUT2D eigenvalue weighted by Gasteiger charge is 2.02. The van der Waals surface area contributed by atoms with Gasteiger partial charge in [0.25, 0.3) is 5.91 Å². The van der Waals surface area contributed by atoms with Crippen LogP contribution >= 0.6 is 23.2 Å². The number of aliphatic hydroxyl groups is 1. The number of aliphatic hydroxyl groups excluding tert-OH is 1. The molecule has 120 valence electrons. The zero-order chi connectivity index (χ0) is 16.7. The predicted molar refractivity (Wildman–Crippen MR) is 90.1 cm³/mol. The van der Waals surface area contributed by atoms with Gasteiger partial charge in [0.15, 0.2) is 0 Å². The van der Waals surface area contributed by atoms with Gasteiger partial charge in [-0.05, 0) is 42.0 Å². The normalized spacial score (nSPS) is 10.7. The van der Waals surface area contributed by atoms with Gasteiger partial charge in [0, 0.05) is 15.6 Å². The Balaban J connectivity index is 1.91. The van der Waals surface area contributed by atoms with Crippen LogP contribution in [-0.2, 0) is 11.4 Å². The molecule has 0 bridgehead atoms. The number of ether oxygens (including phenoxy) is 1. The van der Waals surface area contributed by atoms with Crippen molar-refractivity contribution in [1.29, 1.82) is 0 Å². The van der Waals surface area contributed by atoms with Crippen molar-refractivity contribution in [2.45, 2.75) is 6.61 Å². The van der Waals surface area contributed by atoms with E-state index in [4.69, 9.17) is 33.0 Å². The molecule has 0 spiro atoms. The fourth-order valence-corrected chi connectivity index (χ4v) is 2.13. The molecule has 0 aliphatic carbocycles. The second kappa shape index (κ2) is 8.53. The van der Waals surface area contributed by atoms with Gasteiger partial charge in [0.05, 0.1) is 6.21 Å². The van der Waals surface area contributed by atoms with Crippen LogP contribution in [-0.4, -0.2) is 23.8 Å². The van der Waals surface area contributed by atoms with Crippen molar-refractivity contribution in [3.05, 3.63) is 63.6 Å². The third-order valence-corrected chi connectivity index (χ3v) is 3.42. The maximum atomic E-state index is 10.8. The number of hydrazone groups is 1. The van der Waals surface area contributed by atoms with Crippen LogP contribution in [0.2, 0.25) is 10.0 Å². The number of halogens is 2. The molecule has 0 unspecified atom stereocenters. The molecule has 1 amide bonds. The van der Waals surface area contributed by atoms with Gasteiger partial charge in [-0.3, -0.25) is 4.79 Å². The van der Waals surface area contributed by atoms with Crippen molar-refractivity contribution >= 4 is 35.3 Å². The Morgan fingerprint density at radius 2 is 1.96 bits per heavy atom. The summed E-state index contributed by atoms with van der Waals surface area (Å²) >= 11 is 11.9. The summed E-state index contributed by atoms with van der Waals surface area (Å²) < 4.78 is 5.65. The Kier molecular flexibility index (Phi) is 6.40. The van der Waals surface area contributed by atoms with Crippen molar-refractivity contribution < 1.29 is 14.6 Å². The average molecular weight is 353 g/mol. The minimum atomic E-state index is -0.600. The van der Waals surface area contributed by atoms with E-state index in [9.17, 15) is 4.79 Å². The summed E-state index contributed by atoms with van der Waals surface area (Å²) in [4.78, 5) is 10.8. The highest BCUT2D eigenvalue weighted by Crippen LogP contribution is 2.22. The summed E-state index contributed by atoms with van der Waals surface area (Å²) in [6, 6.07) is 12.4. The first-order chi connectivity index (χ1) is 11.1. The van der Waals surface area contributed by atoms with E-state index in [0.717, 1.165) is 11.1 Å². The first-order valence-corrected chi connectivity index (χ1v) is 7.43. The summed E-state index contributed by atoms with van der Waals surface area (Å²) in [5.74, 6) is 0.105. The standard InChI is InChI=1S/C16H14Cl2N2O3/c17-13-4-3-12(15(18)7-13)10-23-14-5-1-11(2-6-14)8-19-20-16(22)9-21/h1-8,21H,9-10H2,(H,20,22)/b19-8+. The van der Waals surface area contributed by atoms with Crippen LogP contribution in [0.1, 0.15) is 11.1 Å². The Bertz CT molecular complexity index is 703. The van der Waals surface area contributed by atoms with Gasteiger partial charge in [-0.2, -0.15) is 5.10 Å². The van der Waals surface area contributed by atoms with Gasteiger partial charge in [-0.15, -0.1) is 0 Å². The number of amides is 1. The molecule has 0 aromatic heterocycles. The fraction of sp³-hybridized carbons (Fsp3) is 0.125. The second-order valence-corrected chi connectivity index (χ2v) is 5.39. The van der Waals surface area contributed by atoms with Crippen LogP contribution in [0.3, 0.4) is 0 Å². The highest BCUT2D eigenvalue weighted by atomic mass is 35.5. The van der Waals surface area contributed by atoms with Crippen molar-refractivity contribution in [2.75, 3.05) is 6.61 Å². The number of nitrogens with one attached hydrogen (secondary N) is 1. The van der Waals surface area contributed by atoms with Crippen molar-refractivity contribution in [3.8, 4) is 5.75 Å². The van der Waals surface area contributed by atoms with E-state index in [2.05, 4.69) is 10.5 Å². The van der Waals surface area contributed by atoms with E-state index in [1.54, 1.807) is 36.4 Å². The molecule has 2 N–H and O–H groups in total. The SMILES string of the molecule is O=C(CO)N/N=C/c1ccc(OCc2ccc(Cl)cc2Cl)cc1. The summed E-state index contributed by atoms with van der Waals surface area (Å²) in [5, 5.41) is 13.4. The van der Waals surface area contributed by atoms with Crippen LogP contribution in [0.25, 0.3) is 0 Å². The molecular formula is C16H14Cl2N2O3. The Hall–Kier alpha value is -2.08. The van der Waals surface area contributed by atoms with Gasteiger partial charge >= 0.3 is 0 Å². The van der Waals surface area contributed by atoms with E-state index in [1.807, 2.05) is 6.07 Å². The lowest BCUT2D eigenvalue weighted by atomic mass is 10.2. The molecule has 0 saturated carbocycles. The minimum absolute atomic E-state index is 0.329. The number of rotatable bonds is 6. The first kappa shape index (κ1) is 17.3. The van der Waals surface area contributed by atoms with E-state index in [-0.39, 0.29) is 0 Å². The average Bonchev–Trinajstić information content (AvgIpc) is 2.55. The molecule has 0 radical (unpaired) electrons. The molecule has 0 heterocycles. The molecule has 23 heavy (non-hydrogen) atoms. The van der Waals surface area contributed by atoms with Gasteiger partial charge < -0.3 is 9.84 Å². The Labute approximate surface area is 143 Å². The molecule has 0 aliphatic heterocycles. The third kappa shape index (κ3) is 5.56. The molecule has 0 fully saturated rings. The van der Waals surface area contributed by atoms with Gasteiger partial charge in [-0.1, -0.05) is 29.3 Å². The molecule has 2 aromatic rings. The molecular weight excluding hydrogens is 339 g/mol. The van der Waals surface area contributed by atoms with Gasteiger partial charge in [0.2, 0.25) is 0 Å². The molecule has 0 saturated heterocycles. The van der Waals surface area contributed by atoms with Crippen molar-refractivity contribution in [1.82, 2.24) is 5.43 Å². The van der Waals surface area contributed by atoms with Crippen LogP contribution in [0.15, 0.2) is 47.6 Å². The first-order valence-electron chi connectivity index (χ1n) is 6.68. The van der Waals surface area contributed by atoms with E-state index < -0.39 is 12.5 Å². The van der Waals surface area contributed by atoms with Crippen LogP contribution < -0.4 is 10.2 Å². The molecule has 0 atom stereocenters. The van der Waals surface area contributed by atoms with Gasteiger partial charge in [-0.25, -0.2) is 5.43 Å². The topological polar surface area (TPSA) is 70.9 Å².